The first kappa shape index (κ1) is 31.9. The van der Waals surface area contributed by atoms with E-state index >= 15 is 0 Å². The number of ether oxygens (including phenoxy) is 2. The van der Waals surface area contributed by atoms with Crippen molar-refractivity contribution in [2.24, 2.45) is 16.7 Å². The normalized spacial score (nSPS) is 11.2. The minimum absolute atomic E-state index is 0.0520. The van der Waals surface area contributed by atoms with Crippen LogP contribution in [-0.2, 0) is 18.0 Å². The summed E-state index contributed by atoms with van der Waals surface area (Å²) in [6.07, 6.45) is -1.02. The number of hydrazone groups is 1. The number of carbonyl (C=O) groups excluding carboxylic acids is 1. The molecule has 4 aromatic carbocycles. The zero-order chi connectivity index (χ0) is 33.5. The molecule has 0 aliphatic carbocycles. The maximum absolute atomic E-state index is 12.6. The lowest BCUT2D eigenvalue weighted by atomic mass is 9.98. The smallest absolute Gasteiger partial charge is 0.451 e. The lowest BCUT2D eigenvalue weighted by Gasteiger charge is -2.14. The monoisotopic (exact) mass is 639 g/mol. The van der Waals surface area contributed by atoms with Crippen LogP contribution in [0.4, 0.5) is 4.79 Å². The van der Waals surface area contributed by atoms with E-state index in [-0.39, 0.29) is 23.8 Å². The van der Waals surface area contributed by atoms with Crippen LogP contribution in [0.2, 0.25) is 0 Å². The molecule has 5 N–H and O–H groups in total. The van der Waals surface area contributed by atoms with Gasteiger partial charge in [-0.2, -0.15) is 4.98 Å². The van der Waals surface area contributed by atoms with E-state index in [0.717, 1.165) is 11.1 Å². The number of amides is 1. The molecule has 1 heterocycles. The fourth-order valence-corrected chi connectivity index (χ4v) is 4.79. The number of aromatic carboxylic acids is 1. The Balaban J connectivity index is 1.33. The molecule has 0 atom stereocenters. The molecule has 0 spiro atoms. The highest BCUT2D eigenvalue weighted by atomic mass is 16.9. The third-order valence-electron chi connectivity index (χ3n) is 6.91. The number of carboxylic acids is 1. The minimum Gasteiger partial charge on any atom is -0.478 e. The maximum Gasteiger partial charge on any atom is 0.451 e. The van der Waals surface area contributed by atoms with Gasteiger partial charge in [-0.3, -0.25) is 4.57 Å². The van der Waals surface area contributed by atoms with Crippen LogP contribution in [-0.4, -0.2) is 49.4 Å². The van der Waals surface area contributed by atoms with Gasteiger partial charge in [0, 0.05) is 5.56 Å². The van der Waals surface area contributed by atoms with Gasteiger partial charge in [-0.25, -0.2) is 15.4 Å². The number of carbonyl (C=O) groups is 2. The highest BCUT2D eigenvalue weighted by molar-refractivity contribution is 6.04. The summed E-state index contributed by atoms with van der Waals surface area (Å²) in [5.74, 6) is 4.84. The van der Waals surface area contributed by atoms with Crippen molar-refractivity contribution in [3.63, 3.8) is 0 Å². The van der Waals surface area contributed by atoms with Crippen LogP contribution in [0.3, 0.4) is 0 Å². The number of hydrazine groups is 1. The van der Waals surface area contributed by atoms with Crippen LogP contribution < -0.4 is 21.1 Å². The molecule has 240 valence electrons. The number of fused-ring (bicyclic) bond motifs is 1. The Labute approximate surface area is 267 Å². The van der Waals surface area contributed by atoms with Gasteiger partial charge in [0.15, 0.2) is 5.84 Å². The van der Waals surface area contributed by atoms with Crippen LogP contribution >= 0.6 is 0 Å². The minimum atomic E-state index is -1.06. The molecule has 5 aromatic rings. The number of imidazole rings is 1. The topological polar surface area (TPSA) is 211 Å². The van der Waals surface area contributed by atoms with Crippen molar-refractivity contribution in [3.05, 3.63) is 123 Å². The van der Waals surface area contributed by atoms with Gasteiger partial charge in [0.25, 0.3) is 11.1 Å². The van der Waals surface area contributed by atoms with Gasteiger partial charge >= 0.3 is 12.1 Å². The molecule has 0 aliphatic heterocycles. The summed E-state index contributed by atoms with van der Waals surface area (Å²) in [7, 11) is 0. The van der Waals surface area contributed by atoms with Crippen LogP contribution in [0.15, 0.2) is 96.1 Å². The highest BCUT2D eigenvalue weighted by Crippen LogP contribution is 2.28. The fraction of sp³-hybridized carbons (Fsp3) is 0.125. The number of rotatable bonds is 12. The third kappa shape index (κ3) is 7.43. The quantitative estimate of drug-likeness (QED) is 0.0430. The van der Waals surface area contributed by atoms with E-state index < -0.39 is 17.1 Å². The van der Waals surface area contributed by atoms with E-state index in [1.165, 1.54) is 30.3 Å². The van der Waals surface area contributed by atoms with Gasteiger partial charge in [-0.15, -0.1) is 20.3 Å². The number of benzene rings is 4. The van der Waals surface area contributed by atoms with Crippen LogP contribution in [0.1, 0.15) is 34.0 Å². The van der Waals surface area contributed by atoms with Gasteiger partial charge in [0.2, 0.25) is 0 Å². The highest BCUT2D eigenvalue weighted by Gasteiger charge is 2.19. The summed E-state index contributed by atoms with van der Waals surface area (Å²) in [6, 6.07) is 25.8. The molecule has 0 bridgehead atoms. The number of aromatic nitrogens is 2. The van der Waals surface area contributed by atoms with Crippen molar-refractivity contribution in [1.82, 2.24) is 14.7 Å². The summed E-state index contributed by atoms with van der Waals surface area (Å²) in [5, 5.41) is 23.7. The van der Waals surface area contributed by atoms with Gasteiger partial charge in [-0.05, 0) is 53.4 Å². The van der Waals surface area contributed by atoms with E-state index in [4.69, 9.17) is 21.1 Å². The zero-order valence-corrected chi connectivity index (χ0v) is 25.0. The molecular weight excluding hydrogens is 610 g/mol. The van der Waals surface area contributed by atoms with E-state index in [1.807, 2.05) is 43.3 Å². The maximum atomic E-state index is 12.6. The summed E-state index contributed by atoms with van der Waals surface area (Å²) in [4.78, 5) is 43.7. The lowest BCUT2D eigenvalue weighted by molar-refractivity contribution is -0.763. The third-order valence-corrected chi connectivity index (χ3v) is 6.91. The molecule has 5 rings (SSSR count). The number of hydrogen-bond acceptors (Lipinski definition) is 10. The van der Waals surface area contributed by atoms with Crippen molar-refractivity contribution < 1.29 is 34.1 Å². The molecule has 0 saturated heterocycles. The van der Waals surface area contributed by atoms with Crippen LogP contribution in [0, 0.1) is 10.1 Å². The Morgan fingerprint density at radius 1 is 0.979 bits per heavy atom. The van der Waals surface area contributed by atoms with E-state index in [0.29, 0.717) is 52.0 Å². The van der Waals surface area contributed by atoms with Gasteiger partial charge in [0.1, 0.15) is 12.4 Å². The van der Waals surface area contributed by atoms with Crippen LogP contribution in [0.5, 0.6) is 11.8 Å². The van der Waals surface area contributed by atoms with E-state index in [1.54, 1.807) is 28.8 Å². The second-order valence-corrected chi connectivity index (χ2v) is 9.97. The summed E-state index contributed by atoms with van der Waals surface area (Å²) in [5.41, 5.74) is 10.8. The number of nitrogens with two attached hydrogens (primary N) is 2. The molecule has 0 radical (unpaired) electrons. The molecule has 1 aromatic heterocycles. The molecular formula is C32H29N7O8. The number of carboxylic acid groups (broad SMARTS) is 1. The lowest BCUT2D eigenvalue weighted by Crippen LogP contribution is -2.37. The standard InChI is InChI=1S/C32H29N7O8/c1-2-45-31-35-27-9-5-8-26(30(40)41)28(27)37(31)18-20-10-14-22(15-11-20)24-6-3-4-7-25(24)29(33)36-38(34)32(42)47-23-16-12-21(13-17-23)19-46-39(43)44/h3-17H,2,18-19,34H2,1H3,(H2,33,36)(H,40,41). The van der Waals surface area contributed by atoms with Crippen LogP contribution in [0.25, 0.3) is 22.2 Å². The predicted molar refractivity (Wildman–Crippen MR) is 170 cm³/mol. The molecule has 1 amide bonds. The molecule has 0 saturated carbocycles. The predicted octanol–water partition coefficient (Wildman–Crippen LogP) is 4.55. The Bertz CT molecular complexity index is 1960. The van der Waals surface area contributed by atoms with E-state index in [2.05, 4.69) is 14.9 Å². The second-order valence-electron chi connectivity index (χ2n) is 9.97. The first-order valence-corrected chi connectivity index (χ1v) is 14.2. The van der Waals surface area contributed by atoms with E-state index in [9.17, 15) is 24.8 Å². The molecule has 47 heavy (non-hydrogen) atoms. The average molecular weight is 640 g/mol. The molecule has 15 heteroatoms. The second kappa shape index (κ2) is 14.1. The first-order chi connectivity index (χ1) is 22.6. The van der Waals surface area contributed by atoms with Gasteiger partial charge in [-0.1, -0.05) is 66.7 Å². The van der Waals surface area contributed by atoms with Crippen molar-refractivity contribution in [2.45, 2.75) is 20.1 Å². The average Bonchev–Trinajstić information content (AvgIpc) is 3.41. The van der Waals surface area contributed by atoms with Gasteiger partial charge in [0.05, 0.1) is 29.7 Å². The van der Waals surface area contributed by atoms with Crippen molar-refractivity contribution >= 4 is 28.9 Å². The molecule has 0 unspecified atom stereocenters. The number of nitrogens with zero attached hydrogens (tertiary/aromatic N) is 5. The summed E-state index contributed by atoms with van der Waals surface area (Å²) < 4.78 is 12.7. The SMILES string of the molecule is CCOc1nc2cccc(C(=O)O)c2n1Cc1ccc(-c2ccccc2/C(N)=N/N(N)C(=O)Oc2ccc(CO[N+](=O)[O-])cc2)cc1. The largest absolute Gasteiger partial charge is 0.478 e. The Morgan fingerprint density at radius 3 is 2.34 bits per heavy atom. The number of para-hydroxylation sites is 1. The zero-order valence-electron chi connectivity index (χ0n) is 25.0. The van der Waals surface area contributed by atoms with Crippen molar-refractivity contribution in [3.8, 4) is 22.9 Å². The number of hydrogen-bond donors (Lipinski definition) is 3. The Morgan fingerprint density at radius 2 is 1.66 bits per heavy atom. The summed E-state index contributed by atoms with van der Waals surface area (Å²) >= 11 is 0. The van der Waals surface area contributed by atoms with Crippen molar-refractivity contribution in [2.75, 3.05) is 6.61 Å². The fourth-order valence-electron chi connectivity index (χ4n) is 4.79. The number of amidine groups is 1. The first-order valence-electron chi connectivity index (χ1n) is 14.2. The van der Waals surface area contributed by atoms with Gasteiger partial charge < -0.3 is 25.2 Å². The summed E-state index contributed by atoms with van der Waals surface area (Å²) in [6.45, 7) is 2.24. The molecule has 0 aliphatic rings. The Hall–Kier alpha value is -6.48. The Kier molecular flexibility index (Phi) is 9.57. The molecule has 0 fully saturated rings. The molecule has 15 nitrogen and oxygen atoms in total. The van der Waals surface area contributed by atoms with Crippen molar-refractivity contribution in [1.29, 1.82) is 0 Å².